The molecule has 1 fully saturated rings. The number of fused-ring (bicyclic) bond motifs is 3. The molecule has 0 spiro atoms. The number of piperidine rings is 1. The van der Waals surface area contributed by atoms with E-state index >= 15 is 4.39 Å². The predicted molar refractivity (Wildman–Crippen MR) is 138 cm³/mol. The molecule has 0 aliphatic carbocycles. The Labute approximate surface area is 205 Å². The molecule has 9 heteroatoms. The SMILES string of the molecule is CC(N)=NC(=NC(C)C)c1cn2c(n1)-c1cc(SC3CCN(C(C)C)CC3)c(F)cc1OCC2. The first-order valence-corrected chi connectivity index (χ1v) is 12.9. The van der Waals surface area contributed by atoms with Crippen molar-refractivity contribution in [2.45, 2.75) is 76.2 Å². The Morgan fingerprint density at radius 2 is 1.94 bits per heavy atom. The molecule has 0 unspecified atom stereocenters. The molecular formula is C25H35FN6OS. The van der Waals surface area contributed by atoms with Gasteiger partial charge in [0.1, 0.15) is 29.7 Å². The fourth-order valence-electron chi connectivity index (χ4n) is 4.34. The first kappa shape index (κ1) is 24.7. The number of nitrogens with zero attached hydrogens (tertiary/aromatic N) is 5. The summed E-state index contributed by atoms with van der Waals surface area (Å²) >= 11 is 1.63. The summed E-state index contributed by atoms with van der Waals surface area (Å²) in [6, 6.07) is 4.01. The van der Waals surface area contributed by atoms with Crippen LogP contribution in [0.2, 0.25) is 0 Å². The lowest BCUT2D eigenvalue weighted by Crippen LogP contribution is -2.39. The monoisotopic (exact) mass is 486 g/mol. The molecule has 1 aromatic carbocycles. The maximum atomic E-state index is 15.1. The highest BCUT2D eigenvalue weighted by molar-refractivity contribution is 8.00. The Kier molecular flexibility index (Phi) is 7.62. The van der Waals surface area contributed by atoms with E-state index in [2.05, 4.69) is 28.7 Å². The van der Waals surface area contributed by atoms with E-state index in [0.29, 0.717) is 52.5 Å². The molecule has 2 aliphatic heterocycles. The molecule has 0 amide bonds. The number of likely N-dealkylation sites (tertiary alicyclic amines) is 1. The van der Waals surface area contributed by atoms with Gasteiger partial charge in [0, 0.05) is 34.5 Å². The number of aliphatic imine (C=N–C) groups is 2. The van der Waals surface area contributed by atoms with Crippen LogP contribution in [0, 0.1) is 5.82 Å². The second-order valence-corrected chi connectivity index (χ2v) is 10.9. The first-order valence-electron chi connectivity index (χ1n) is 12.0. The van der Waals surface area contributed by atoms with E-state index in [0.717, 1.165) is 37.3 Å². The molecule has 0 radical (unpaired) electrons. The van der Waals surface area contributed by atoms with E-state index in [1.165, 1.54) is 6.07 Å². The number of thioether (sulfide) groups is 1. The molecule has 0 bridgehead atoms. The van der Waals surface area contributed by atoms with Crippen LogP contribution >= 0.6 is 11.8 Å². The van der Waals surface area contributed by atoms with Gasteiger partial charge in [0.15, 0.2) is 5.84 Å². The summed E-state index contributed by atoms with van der Waals surface area (Å²) in [7, 11) is 0. The van der Waals surface area contributed by atoms with Crippen LogP contribution in [0.5, 0.6) is 5.75 Å². The van der Waals surface area contributed by atoms with Crippen molar-refractivity contribution < 1.29 is 9.13 Å². The van der Waals surface area contributed by atoms with Gasteiger partial charge in [-0.3, -0.25) is 4.99 Å². The number of halogens is 1. The predicted octanol–water partition coefficient (Wildman–Crippen LogP) is 4.58. The van der Waals surface area contributed by atoms with Crippen LogP contribution in [0.4, 0.5) is 4.39 Å². The van der Waals surface area contributed by atoms with Crippen LogP contribution in [-0.4, -0.2) is 63.2 Å². The molecule has 184 valence electrons. The molecule has 0 atom stereocenters. The number of hydrogen-bond acceptors (Lipinski definition) is 5. The van der Waals surface area contributed by atoms with Crippen molar-refractivity contribution >= 4 is 23.4 Å². The van der Waals surface area contributed by atoms with E-state index in [4.69, 9.17) is 15.5 Å². The normalized spacial score (nSPS) is 18.1. The van der Waals surface area contributed by atoms with Crippen LogP contribution in [-0.2, 0) is 6.54 Å². The number of amidine groups is 2. The van der Waals surface area contributed by atoms with Crippen molar-refractivity contribution in [1.82, 2.24) is 14.5 Å². The zero-order chi connectivity index (χ0) is 24.4. The molecule has 1 saturated heterocycles. The van der Waals surface area contributed by atoms with Crippen molar-refractivity contribution in [1.29, 1.82) is 0 Å². The molecule has 0 saturated carbocycles. The highest BCUT2D eigenvalue weighted by atomic mass is 32.2. The van der Waals surface area contributed by atoms with E-state index in [1.807, 2.05) is 30.7 Å². The van der Waals surface area contributed by atoms with Gasteiger partial charge in [0.2, 0.25) is 0 Å². The van der Waals surface area contributed by atoms with Gasteiger partial charge in [-0.1, -0.05) is 0 Å². The summed E-state index contributed by atoms with van der Waals surface area (Å²) in [6.45, 7) is 13.3. The lowest BCUT2D eigenvalue weighted by molar-refractivity contribution is 0.188. The summed E-state index contributed by atoms with van der Waals surface area (Å²) in [5, 5.41) is 0.399. The Morgan fingerprint density at radius 3 is 2.59 bits per heavy atom. The zero-order valence-electron chi connectivity index (χ0n) is 20.7. The number of benzene rings is 1. The summed E-state index contributed by atoms with van der Waals surface area (Å²) in [6.07, 6.45) is 4.04. The smallest absolute Gasteiger partial charge is 0.177 e. The van der Waals surface area contributed by atoms with E-state index in [9.17, 15) is 0 Å². The topological polar surface area (TPSA) is 81.0 Å². The molecular weight excluding hydrogens is 451 g/mol. The van der Waals surface area contributed by atoms with Crippen molar-refractivity contribution in [2.24, 2.45) is 15.7 Å². The van der Waals surface area contributed by atoms with Gasteiger partial charge >= 0.3 is 0 Å². The second-order valence-electron chi connectivity index (χ2n) is 9.52. The van der Waals surface area contributed by atoms with Crippen LogP contribution < -0.4 is 10.5 Å². The number of ether oxygens (including phenoxy) is 1. The van der Waals surface area contributed by atoms with Gasteiger partial charge in [0.05, 0.1) is 17.9 Å². The Hall–Kier alpha value is -2.39. The van der Waals surface area contributed by atoms with Gasteiger partial charge in [-0.25, -0.2) is 14.4 Å². The molecule has 2 N–H and O–H groups in total. The maximum absolute atomic E-state index is 15.1. The number of hydrogen-bond donors (Lipinski definition) is 1. The molecule has 4 rings (SSSR count). The molecule has 3 heterocycles. The summed E-state index contributed by atoms with van der Waals surface area (Å²) in [5.74, 6) is 1.96. The lowest BCUT2D eigenvalue weighted by atomic mass is 10.1. The average Bonchev–Trinajstić information content (AvgIpc) is 3.12. The number of aromatic nitrogens is 2. The minimum atomic E-state index is -0.235. The van der Waals surface area contributed by atoms with Crippen molar-refractivity contribution in [3.63, 3.8) is 0 Å². The van der Waals surface area contributed by atoms with Crippen molar-refractivity contribution in [2.75, 3.05) is 19.7 Å². The van der Waals surface area contributed by atoms with E-state index in [-0.39, 0.29) is 11.9 Å². The third-order valence-corrected chi connectivity index (χ3v) is 7.41. The minimum Gasteiger partial charge on any atom is -0.491 e. The molecule has 7 nitrogen and oxygen atoms in total. The van der Waals surface area contributed by atoms with Gasteiger partial charge in [-0.2, -0.15) is 0 Å². The van der Waals surface area contributed by atoms with E-state index in [1.54, 1.807) is 18.7 Å². The van der Waals surface area contributed by atoms with Gasteiger partial charge in [-0.05, 0) is 66.6 Å². The fraction of sp³-hybridized carbons (Fsp3) is 0.560. The molecule has 1 aromatic heterocycles. The molecule has 2 aromatic rings. The lowest BCUT2D eigenvalue weighted by Gasteiger charge is -2.34. The largest absolute Gasteiger partial charge is 0.491 e. The first-order chi connectivity index (χ1) is 16.2. The zero-order valence-corrected chi connectivity index (χ0v) is 21.5. The summed E-state index contributed by atoms with van der Waals surface area (Å²) < 4.78 is 23.0. The Morgan fingerprint density at radius 1 is 1.21 bits per heavy atom. The van der Waals surface area contributed by atoms with Crippen LogP contribution in [0.1, 0.15) is 53.2 Å². The van der Waals surface area contributed by atoms with Crippen molar-refractivity contribution in [3.8, 4) is 17.1 Å². The maximum Gasteiger partial charge on any atom is 0.177 e. The van der Waals surface area contributed by atoms with Crippen LogP contribution in [0.15, 0.2) is 33.2 Å². The van der Waals surface area contributed by atoms with Crippen molar-refractivity contribution in [3.05, 3.63) is 29.8 Å². The standard InChI is InChI=1S/C25H35FN6OS/c1-15(2)28-24(29-17(5)27)21-14-32-10-11-33-22-13-20(26)23(12-19(22)25(32)30-21)34-18-6-8-31(9-7-18)16(3)4/h12-16,18H,6-11H2,1-5H3,(H2,27,28,29). The Balaban J connectivity index is 1.66. The third kappa shape index (κ3) is 5.63. The fourth-order valence-corrected chi connectivity index (χ4v) is 5.50. The highest BCUT2D eigenvalue weighted by Gasteiger charge is 2.26. The molecule has 34 heavy (non-hydrogen) atoms. The number of imidazole rings is 1. The van der Waals surface area contributed by atoms with Crippen LogP contribution in [0.3, 0.4) is 0 Å². The molecule has 2 aliphatic rings. The average molecular weight is 487 g/mol. The van der Waals surface area contributed by atoms with Gasteiger partial charge in [-0.15, -0.1) is 11.8 Å². The number of rotatable bonds is 5. The Bertz CT molecular complexity index is 1080. The highest BCUT2D eigenvalue weighted by Crippen LogP contribution is 2.40. The van der Waals surface area contributed by atoms with Gasteiger partial charge in [0.25, 0.3) is 0 Å². The number of nitrogens with two attached hydrogens (primary N) is 1. The van der Waals surface area contributed by atoms with Crippen LogP contribution in [0.25, 0.3) is 11.4 Å². The minimum absolute atomic E-state index is 0.0504. The van der Waals surface area contributed by atoms with Gasteiger partial charge < -0.3 is 19.9 Å². The summed E-state index contributed by atoms with van der Waals surface area (Å²) in [4.78, 5) is 17.0. The summed E-state index contributed by atoms with van der Waals surface area (Å²) in [5.41, 5.74) is 7.30. The quantitative estimate of drug-likeness (QED) is 0.494. The third-order valence-electron chi connectivity index (χ3n) is 6.03. The van der Waals surface area contributed by atoms with E-state index < -0.39 is 0 Å². The second kappa shape index (κ2) is 10.5.